The minimum Gasteiger partial charge on any atom is -0.310 e. The van der Waals surface area contributed by atoms with Crippen LogP contribution in [-0.4, -0.2) is 37.1 Å². The third-order valence-electron chi connectivity index (χ3n) is 2.52. The zero-order chi connectivity index (χ0) is 8.27. The lowest BCUT2D eigenvalue weighted by molar-refractivity contribution is 0.383. The van der Waals surface area contributed by atoms with E-state index in [1.807, 2.05) is 0 Å². The van der Waals surface area contributed by atoms with Gasteiger partial charge in [0.1, 0.15) is 0 Å². The van der Waals surface area contributed by atoms with Crippen molar-refractivity contribution in [2.75, 3.05) is 20.1 Å². The molecule has 0 radical (unpaired) electrons. The van der Waals surface area contributed by atoms with Gasteiger partial charge < -0.3 is 10.2 Å². The number of hydrogen-bond donors (Lipinski definition) is 1. The van der Waals surface area contributed by atoms with Crippen LogP contribution in [0, 0.1) is 0 Å². The highest BCUT2D eigenvalue weighted by molar-refractivity contribution is 4.80. The van der Waals surface area contributed by atoms with Gasteiger partial charge in [-0.2, -0.15) is 0 Å². The number of likely N-dealkylation sites (N-methyl/N-ethyl adjacent to an activating group) is 1. The van der Waals surface area contributed by atoms with E-state index in [1.54, 1.807) is 0 Å². The van der Waals surface area contributed by atoms with Crippen molar-refractivity contribution in [2.45, 2.75) is 38.8 Å². The van der Waals surface area contributed by atoms with Crippen LogP contribution >= 0.6 is 0 Å². The first kappa shape index (κ1) is 9.01. The van der Waals surface area contributed by atoms with Crippen molar-refractivity contribution in [3.8, 4) is 0 Å². The summed E-state index contributed by atoms with van der Waals surface area (Å²) in [4.78, 5) is 2.39. The Kier molecular flexibility index (Phi) is 3.34. The van der Waals surface area contributed by atoms with Crippen LogP contribution in [0.15, 0.2) is 0 Å². The first-order valence-corrected chi connectivity index (χ1v) is 4.67. The topological polar surface area (TPSA) is 15.3 Å². The molecule has 0 saturated carbocycles. The average Bonchev–Trinajstić information content (AvgIpc) is 2.35. The monoisotopic (exact) mass is 156 g/mol. The molecule has 0 aliphatic carbocycles. The van der Waals surface area contributed by atoms with Crippen molar-refractivity contribution in [1.29, 1.82) is 0 Å². The standard InChI is InChI=1S/C9H20N2/c1-4-8(2)10-9-5-6-11(3)7-9/h8-10H,4-7H2,1-3H3/t8-,9-/m1/s1. The Labute approximate surface area is 70.0 Å². The van der Waals surface area contributed by atoms with Crippen LogP contribution in [0.4, 0.5) is 0 Å². The van der Waals surface area contributed by atoms with Crippen molar-refractivity contribution in [2.24, 2.45) is 0 Å². The molecule has 2 atom stereocenters. The molecule has 0 aromatic heterocycles. The van der Waals surface area contributed by atoms with Gasteiger partial charge >= 0.3 is 0 Å². The smallest absolute Gasteiger partial charge is 0.0209 e. The van der Waals surface area contributed by atoms with Crippen LogP contribution in [0.2, 0.25) is 0 Å². The maximum absolute atomic E-state index is 3.62. The molecular formula is C9H20N2. The summed E-state index contributed by atoms with van der Waals surface area (Å²) >= 11 is 0. The van der Waals surface area contributed by atoms with Crippen LogP contribution in [-0.2, 0) is 0 Å². The van der Waals surface area contributed by atoms with Crippen LogP contribution in [0.1, 0.15) is 26.7 Å². The van der Waals surface area contributed by atoms with Gasteiger partial charge in [0.15, 0.2) is 0 Å². The summed E-state index contributed by atoms with van der Waals surface area (Å²) in [6, 6.07) is 1.43. The summed E-state index contributed by atoms with van der Waals surface area (Å²) in [5.74, 6) is 0. The van der Waals surface area contributed by atoms with Gasteiger partial charge in [0, 0.05) is 18.6 Å². The zero-order valence-electron chi connectivity index (χ0n) is 7.93. The molecule has 0 bridgehead atoms. The Bertz CT molecular complexity index is 114. The second-order valence-corrected chi connectivity index (χ2v) is 3.72. The first-order chi connectivity index (χ1) is 5.22. The van der Waals surface area contributed by atoms with Gasteiger partial charge in [-0.15, -0.1) is 0 Å². The highest BCUT2D eigenvalue weighted by Crippen LogP contribution is 2.07. The zero-order valence-corrected chi connectivity index (χ0v) is 7.93. The summed E-state index contributed by atoms with van der Waals surface area (Å²) in [7, 11) is 2.19. The van der Waals surface area contributed by atoms with Gasteiger partial charge in [0.25, 0.3) is 0 Å². The van der Waals surface area contributed by atoms with E-state index in [2.05, 4.69) is 31.1 Å². The molecule has 1 rings (SSSR count). The summed E-state index contributed by atoms with van der Waals surface area (Å²) in [5, 5.41) is 3.62. The molecule has 1 aliphatic rings. The Morgan fingerprint density at radius 1 is 1.64 bits per heavy atom. The quantitative estimate of drug-likeness (QED) is 0.658. The fourth-order valence-corrected chi connectivity index (χ4v) is 1.59. The van der Waals surface area contributed by atoms with Gasteiger partial charge in [-0.05, 0) is 33.4 Å². The van der Waals surface area contributed by atoms with Crippen molar-refractivity contribution in [1.82, 2.24) is 10.2 Å². The van der Waals surface area contributed by atoms with Crippen molar-refractivity contribution >= 4 is 0 Å². The molecule has 66 valence electrons. The van der Waals surface area contributed by atoms with Gasteiger partial charge in [0.2, 0.25) is 0 Å². The fourth-order valence-electron chi connectivity index (χ4n) is 1.59. The largest absolute Gasteiger partial charge is 0.310 e. The van der Waals surface area contributed by atoms with E-state index in [0.29, 0.717) is 6.04 Å². The number of rotatable bonds is 3. The second-order valence-electron chi connectivity index (χ2n) is 3.72. The number of likely N-dealkylation sites (tertiary alicyclic amines) is 1. The number of hydrogen-bond acceptors (Lipinski definition) is 2. The minimum absolute atomic E-state index is 0.687. The lowest BCUT2D eigenvalue weighted by Gasteiger charge is -2.17. The Morgan fingerprint density at radius 3 is 2.82 bits per heavy atom. The average molecular weight is 156 g/mol. The van der Waals surface area contributed by atoms with Crippen LogP contribution in [0.5, 0.6) is 0 Å². The summed E-state index contributed by atoms with van der Waals surface area (Å²) in [6.45, 7) is 6.98. The normalized spacial score (nSPS) is 29.2. The number of nitrogens with zero attached hydrogens (tertiary/aromatic N) is 1. The van der Waals surface area contributed by atoms with Crippen LogP contribution in [0.25, 0.3) is 0 Å². The van der Waals surface area contributed by atoms with Crippen LogP contribution in [0.3, 0.4) is 0 Å². The highest BCUT2D eigenvalue weighted by atomic mass is 15.2. The molecule has 1 aliphatic heterocycles. The van der Waals surface area contributed by atoms with Gasteiger partial charge in [-0.3, -0.25) is 0 Å². The van der Waals surface area contributed by atoms with E-state index in [0.717, 1.165) is 6.04 Å². The molecule has 1 saturated heterocycles. The molecule has 0 unspecified atom stereocenters. The summed E-state index contributed by atoms with van der Waals surface area (Å²) in [6.07, 6.45) is 2.56. The predicted molar refractivity (Wildman–Crippen MR) is 48.8 cm³/mol. The van der Waals surface area contributed by atoms with E-state index < -0.39 is 0 Å². The third kappa shape index (κ3) is 2.80. The van der Waals surface area contributed by atoms with E-state index in [4.69, 9.17) is 0 Å². The molecule has 0 amide bonds. The molecule has 2 heteroatoms. The molecule has 1 N–H and O–H groups in total. The lowest BCUT2D eigenvalue weighted by atomic mass is 10.2. The minimum atomic E-state index is 0.687. The third-order valence-corrected chi connectivity index (χ3v) is 2.52. The van der Waals surface area contributed by atoms with E-state index in [1.165, 1.54) is 25.9 Å². The highest BCUT2D eigenvalue weighted by Gasteiger charge is 2.19. The lowest BCUT2D eigenvalue weighted by Crippen LogP contribution is -2.37. The maximum Gasteiger partial charge on any atom is 0.0209 e. The van der Waals surface area contributed by atoms with Crippen molar-refractivity contribution in [3.63, 3.8) is 0 Å². The van der Waals surface area contributed by atoms with Gasteiger partial charge in [-0.1, -0.05) is 6.92 Å². The molecule has 1 fully saturated rings. The SMILES string of the molecule is CC[C@@H](C)N[C@@H]1CCN(C)C1. The van der Waals surface area contributed by atoms with E-state index in [-0.39, 0.29) is 0 Å². The maximum atomic E-state index is 3.62. The molecule has 0 aromatic rings. The fraction of sp³-hybridized carbons (Fsp3) is 1.00. The van der Waals surface area contributed by atoms with E-state index >= 15 is 0 Å². The molecule has 11 heavy (non-hydrogen) atoms. The second kappa shape index (κ2) is 4.07. The van der Waals surface area contributed by atoms with Gasteiger partial charge in [0.05, 0.1) is 0 Å². The van der Waals surface area contributed by atoms with Gasteiger partial charge in [-0.25, -0.2) is 0 Å². The number of nitrogens with one attached hydrogen (secondary N) is 1. The Balaban J connectivity index is 2.17. The Morgan fingerprint density at radius 2 is 2.36 bits per heavy atom. The summed E-state index contributed by atoms with van der Waals surface area (Å²) < 4.78 is 0. The molecule has 2 nitrogen and oxygen atoms in total. The molecule has 0 aromatic carbocycles. The Hall–Kier alpha value is -0.0800. The molecular weight excluding hydrogens is 136 g/mol. The summed E-state index contributed by atoms with van der Waals surface area (Å²) in [5.41, 5.74) is 0. The first-order valence-electron chi connectivity index (χ1n) is 4.67. The van der Waals surface area contributed by atoms with E-state index in [9.17, 15) is 0 Å². The van der Waals surface area contributed by atoms with Crippen molar-refractivity contribution in [3.05, 3.63) is 0 Å². The van der Waals surface area contributed by atoms with Crippen LogP contribution < -0.4 is 5.32 Å². The molecule has 1 heterocycles. The molecule has 0 spiro atoms. The predicted octanol–water partition coefficient (Wildman–Crippen LogP) is 1.08. The van der Waals surface area contributed by atoms with Crippen molar-refractivity contribution < 1.29 is 0 Å².